The molecule has 0 fully saturated rings. The van der Waals surface area contributed by atoms with E-state index in [1.165, 1.54) is 16.0 Å². The van der Waals surface area contributed by atoms with E-state index in [0.29, 0.717) is 17.0 Å². The van der Waals surface area contributed by atoms with Crippen molar-refractivity contribution in [2.75, 3.05) is 11.9 Å². The second-order valence-electron chi connectivity index (χ2n) is 6.43. The summed E-state index contributed by atoms with van der Waals surface area (Å²) >= 11 is 2.55. The first-order valence-corrected chi connectivity index (χ1v) is 11.0. The van der Waals surface area contributed by atoms with Crippen molar-refractivity contribution in [2.45, 2.75) is 56.2 Å². The van der Waals surface area contributed by atoms with Crippen LogP contribution in [0.2, 0.25) is 0 Å². The SMILES string of the molecule is CCOC(=O)c1c(NC(=O)C(CC)Sc2c([O-])on[n+]2C)sc2c1CCCC2. The van der Waals surface area contributed by atoms with E-state index in [1.807, 2.05) is 6.92 Å². The monoisotopic (exact) mass is 425 g/mol. The summed E-state index contributed by atoms with van der Waals surface area (Å²) in [5.74, 6) is -1.24. The Kier molecular flexibility index (Phi) is 6.61. The third-order valence-corrected chi connectivity index (χ3v) is 7.21. The van der Waals surface area contributed by atoms with Crippen molar-refractivity contribution >= 4 is 40.0 Å². The van der Waals surface area contributed by atoms with Crippen molar-refractivity contribution in [3.05, 3.63) is 16.0 Å². The maximum absolute atomic E-state index is 12.9. The van der Waals surface area contributed by atoms with E-state index in [1.54, 1.807) is 14.0 Å². The average Bonchev–Trinajstić information content (AvgIpc) is 3.19. The Hall–Kier alpha value is -2.07. The molecular formula is C18H23N3O5S2. The lowest BCUT2D eigenvalue weighted by atomic mass is 9.95. The summed E-state index contributed by atoms with van der Waals surface area (Å²) in [6.45, 7) is 3.90. The smallest absolute Gasteiger partial charge is 0.341 e. The van der Waals surface area contributed by atoms with E-state index in [2.05, 4.69) is 15.1 Å². The van der Waals surface area contributed by atoms with E-state index >= 15 is 0 Å². The number of nitrogens with zero attached hydrogens (tertiary/aromatic N) is 2. The first kappa shape index (κ1) is 20.7. The molecule has 2 aromatic rings. The van der Waals surface area contributed by atoms with Crippen LogP contribution >= 0.6 is 23.1 Å². The highest BCUT2D eigenvalue weighted by Crippen LogP contribution is 2.39. The van der Waals surface area contributed by atoms with Gasteiger partial charge in [0.25, 0.3) is 5.03 Å². The summed E-state index contributed by atoms with van der Waals surface area (Å²) in [4.78, 5) is 26.6. The van der Waals surface area contributed by atoms with E-state index < -0.39 is 17.2 Å². The van der Waals surface area contributed by atoms with E-state index in [4.69, 9.17) is 4.74 Å². The van der Waals surface area contributed by atoms with Crippen LogP contribution in [-0.4, -0.2) is 29.0 Å². The minimum absolute atomic E-state index is 0.262. The number of thioether (sulfide) groups is 1. The molecule has 0 saturated carbocycles. The molecular weight excluding hydrogens is 402 g/mol. The number of thiophene rings is 1. The quantitative estimate of drug-likeness (QED) is 0.411. The number of hydrogen-bond acceptors (Lipinski definition) is 8. The van der Waals surface area contributed by atoms with Gasteiger partial charge in [0.1, 0.15) is 5.00 Å². The Labute approximate surface area is 171 Å². The van der Waals surface area contributed by atoms with Crippen LogP contribution in [0, 0.1) is 0 Å². The zero-order valence-corrected chi connectivity index (χ0v) is 17.7. The van der Waals surface area contributed by atoms with Crippen molar-refractivity contribution < 1.29 is 28.6 Å². The number of ether oxygens (including phenoxy) is 1. The summed E-state index contributed by atoms with van der Waals surface area (Å²) in [5.41, 5.74) is 1.48. The van der Waals surface area contributed by atoms with Gasteiger partial charge in [-0.15, -0.1) is 11.3 Å². The number of carbonyl (C=O) groups is 2. The molecule has 1 amide bonds. The number of hydrogen-bond donors (Lipinski definition) is 1. The summed E-state index contributed by atoms with van der Waals surface area (Å²) in [5, 5.41) is 18.5. The Morgan fingerprint density at radius 2 is 2.14 bits per heavy atom. The number of aryl methyl sites for hydroxylation is 2. The van der Waals surface area contributed by atoms with Gasteiger partial charge in [0.05, 0.1) is 22.7 Å². The fourth-order valence-corrected chi connectivity index (χ4v) is 5.36. The first-order chi connectivity index (χ1) is 13.5. The fourth-order valence-electron chi connectivity index (χ4n) is 3.15. The van der Waals surface area contributed by atoms with Crippen LogP contribution < -0.4 is 15.1 Å². The minimum atomic E-state index is -0.572. The lowest BCUT2D eigenvalue weighted by Crippen LogP contribution is -2.34. The number of anilines is 1. The Balaban J connectivity index is 1.84. The van der Waals surface area contributed by atoms with Gasteiger partial charge in [-0.05, 0) is 56.4 Å². The predicted octanol–water partition coefficient (Wildman–Crippen LogP) is 2.20. The second-order valence-corrected chi connectivity index (χ2v) is 8.73. The van der Waals surface area contributed by atoms with Gasteiger partial charge in [0.2, 0.25) is 5.91 Å². The second kappa shape index (κ2) is 8.95. The van der Waals surface area contributed by atoms with Crippen molar-refractivity contribution in [1.29, 1.82) is 0 Å². The van der Waals surface area contributed by atoms with Crippen LogP contribution in [0.25, 0.3) is 0 Å². The normalized spacial score (nSPS) is 14.4. The molecule has 2 aromatic heterocycles. The minimum Gasteiger partial charge on any atom is -0.538 e. The van der Waals surface area contributed by atoms with Crippen molar-refractivity contribution in [3.63, 3.8) is 0 Å². The van der Waals surface area contributed by atoms with Gasteiger partial charge >= 0.3 is 5.97 Å². The highest BCUT2D eigenvalue weighted by Gasteiger charge is 2.30. The standard InChI is InChI=1S/C18H23N3O5S2/c1-4-11(28-16-18(24)26-20-21(16)3)14(22)19-15-13(17(23)25-5-2)10-8-6-7-9-12(10)27-15/h11H,4-9H2,1-3H3,(H-,19,20,22,23,24). The number of esters is 1. The molecule has 0 aromatic carbocycles. The third kappa shape index (κ3) is 4.17. The van der Waals surface area contributed by atoms with Crippen LogP contribution in [-0.2, 0) is 29.4 Å². The Morgan fingerprint density at radius 3 is 2.79 bits per heavy atom. The molecule has 0 spiro atoms. The zero-order valence-electron chi connectivity index (χ0n) is 16.1. The average molecular weight is 426 g/mol. The maximum atomic E-state index is 12.9. The summed E-state index contributed by atoms with van der Waals surface area (Å²) in [6.07, 6.45) is 4.32. The highest BCUT2D eigenvalue weighted by atomic mass is 32.2. The number of amides is 1. The van der Waals surface area contributed by atoms with Crippen molar-refractivity contribution in [2.24, 2.45) is 7.05 Å². The molecule has 10 heteroatoms. The molecule has 8 nitrogen and oxygen atoms in total. The van der Waals surface area contributed by atoms with Crippen LogP contribution in [0.15, 0.2) is 9.55 Å². The number of nitrogens with one attached hydrogen (secondary N) is 1. The van der Waals surface area contributed by atoms with Gasteiger partial charge in [0, 0.05) is 4.88 Å². The number of carbonyl (C=O) groups excluding carboxylic acids is 2. The van der Waals surface area contributed by atoms with E-state index in [0.717, 1.165) is 47.9 Å². The molecule has 0 aliphatic heterocycles. The molecule has 3 rings (SSSR count). The van der Waals surface area contributed by atoms with Gasteiger partial charge in [-0.25, -0.2) is 4.79 Å². The fraction of sp³-hybridized carbons (Fsp3) is 0.556. The van der Waals surface area contributed by atoms with Crippen LogP contribution in [0.4, 0.5) is 5.00 Å². The largest absolute Gasteiger partial charge is 0.538 e. The van der Waals surface area contributed by atoms with E-state index in [-0.39, 0.29) is 17.5 Å². The Bertz CT molecular complexity index is 857. The van der Waals surface area contributed by atoms with Crippen LogP contribution in [0.5, 0.6) is 5.95 Å². The van der Waals surface area contributed by atoms with Gasteiger partial charge in [0.15, 0.2) is 13.0 Å². The number of aromatic nitrogens is 2. The molecule has 0 saturated heterocycles. The topological polar surface area (TPSA) is 108 Å². The van der Waals surface area contributed by atoms with E-state index in [9.17, 15) is 14.7 Å². The number of rotatable bonds is 7. The molecule has 1 aliphatic rings. The summed E-state index contributed by atoms with van der Waals surface area (Å²) in [6, 6.07) is 0. The highest BCUT2D eigenvalue weighted by molar-refractivity contribution is 8.00. The molecule has 1 unspecified atom stereocenters. The lowest BCUT2D eigenvalue weighted by Gasteiger charge is -2.14. The van der Waals surface area contributed by atoms with Gasteiger partial charge in [-0.3, -0.25) is 4.79 Å². The molecule has 28 heavy (non-hydrogen) atoms. The zero-order chi connectivity index (χ0) is 20.3. The number of fused-ring (bicyclic) bond motifs is 1. The molecule has 1 aliphatic carbocycles. The van der Waals surface area contributed by atoms with Gasteiger partial charge < -0.3 is 19.7 Å². The predicted molar refractivity (Wildman–Crippen MR) is 103 cm³/mol. The Morgan fingerprint density at radius 1 is 1.39 bits per heavy atom. The third-order valence-electron chi connectivity index (χ3n) is 4.52. The maximum Gasteiger partial charge on any atom is 0.341 e. The lowest BCUT2D eigenvalue weighted by molar-refractivity contribution is -0.772. The molecule has 2 heterocycles. The molecule has 1 atom stereocenters. The van der Waals surface area contributed by atoms with Crippen molar-refractivity contribution in [1.82, 2.24) is 5.27 Å². The molecule has 152 valence electrons. The van der Waals surface area contributed by atoms with Gasteiger partial charge in [-0.2, -0.15) is 0 Å². The van der Waals surface area contributed by atoms with Crippen LogP contribution in [0.1, 0.15) is 53.9 Å². The molecule has 0 radical (unpaired) electrons. The van der Waals surface area contributed by atoms with Gasteiger partial charge in [-0.1, -0.05) is 11.6 Å². The first-order valence-electron chi connectivity index (χ1n) is 9.28. The van der Waals surface area contributed by atoms with Crippen LogP contribution in [0.3, 0.4) is 0 Å². The van der Waals surface area contributed by atoms with Crippen molar-refractivity contribution in [3.8, 4) is 5.95 Å². The molecule has 1 N–H and O–H groups in total. The molecule has 0 bridgehead atoms. The summed E-state index contributed by atoms with van der Waals surface area (Å²) in [7, 11) is 1.59. The summed E-state index contributed by atoms with van der Waals surface area (Å²) < 4.78 is 11.2.